The number of carbonyl (C=O) groups excluding carboxylic acids is 3. The summed E-state index contributed by atoms with van der Waals surface area (Å²) in [5.74, 6) is -0.560. The molecule has 1 atom stereocenters. The first-order valence-electron chi connectivity index (χ1n) is 10.1. The van der Waals surface area contributed by atoms with E-state index in [4.69, 9.17) is 4.74 Å². The predicted molar refractivity (Wildman–Crippen MR) is 122 cm³/mol. The van der Waals surface area contributed by atoms with Gasteiger partial charge in [0.05, 0.1) is 20.2 Å². The lowest BCUT2D eigenvalue weighted by Gasteiger charge is -2.28. The van der Waals surface area contributed by atoms with E-state index in [0.29, 0.717) is 25.9 Å². The normalized spacial score (nSPS) is 12.1. The van der Waals surface area contributed by atoms with Crippen LogP contribution in [0.5, 0.6) is 0 Å². The van der Waals surface area contributed by atoms with Gasteiger partial charge in [-0.15, -0.1) is 22.7 Å². The molecule has 2 heterocycles. The van der Waals surface area contributed by atoms with Crippen molar-refractivity contribution in [3.63, 3.8) is 0 Å². The summed E-state index contributed by atoms with van der Waals surface area (Å²) in [5.41, 5.74) is -0.683. The minimum atomic E-state index is -0.806. The molecule has 2 aromatic rings. The summed E-state index contributed by atoms with van der Waals surface area (Å²) in [5, 5.41) is 6.64. The number of amides is 2. The Balaban J connectivity index is 2.17. The van der Waals surface area contributed by atoms with Crippen LogP contribution in [0.2, 0.25) is 0 Å². The van der Waals surface area contributed by atoms with Crippen LogP contribution in [-0.2, 0) is 32.2 Å². The van der Waals surface area contributed by atoms with Gasteiger partial charge >= 0.3 is 12.1 Å². The van der Waals surface area contributed by atoms with E-state index in [2.05, 4.69) is 10.1 Å². The lowest BCUT2D eigenvalue weighted by atomic mass is 10.1. The smallest absolute Gasteiger partial charge is 0.408 e. The highest BCUT2D eigenvalue weighted by Crippen LogP contribution is 2.19. The fraction of sp³-hybridized carbons (Fsp3) is 0.500. The van der Waals surface area contributed by atoms with Crippen molar-refractivity contribution in [2.75, 3.05) is 7.11 Å². The standard InChI is InChI=1S/C22H30N2O5S2/c1-22(2,3)29-21(27)23-18(10-5-11-19(25)28-4)20(26)24(14-16-8-6-12-30-16)15-17-9-7-13-31-17/h6-9,12-13,18H,5,10-11,14-15H2,1-4H3,(H,23,27)/t18-/m0/s1. The Hall–Kier alpha value is -2.39. The van der Waals surface area contributed by atoms with Gasteiger partial charge in [-0.25, -0.2) is 4.79 Å². The highest BCUT2D eigenvalue weighted by molar-refractivity contribution is 7.10. The maximum absolute atomic E-state index is 13.5. The third-order valence-corrected chi connectivity index (χ3v) is 5.98. The van der Waals surface area contributed by atoms with Crippen LogP contribution in [0.25, 0.3) is 0 Å². The molecular weight excluding hydrogens is 436 g/mol. The third kappa shape index (κ3) is 9.10. The topological polar surface area (TPSA) is 84.9 Å². The van der Waals surface area contributed by atoms with Crippen LogP contribution in [-0.4, -0.2) is 41.6 Å². The summed E-state index contributed by atoms with van der Waals surface area (Å²) in [4.78, 5) is 41.2. The van der Waals surface area contributed by atoms with Crippen molar-refractivity contribution in [3.05, 3.63) is 44.8 Å². The maximum atomic E-state index is 13.5. The number of alkyl carbamates (subject to hydrolysis) is 1. The summed E-state index contributed by atoms with van der Waals surface area (Å²) in [6.07, 6.45) is 0.228. The van der Waals surface area contributed by atoms with Crippen LogP contribution >= 0.6 is 22.7 Å². The van der Waals surface area contributed by atoms with Crippen LogP contribution in [0.15, 0.2) is 35.0 Å². The zero-order valence-electron chi connectivity index (χ0n) is 18.4. The van der Waals surface area contributed by atoms with E-state index in [-0.39, 0.29) is 18.3 Å². The molecule has 7 nitrogen and oxygen atoms in total. The summed E-state index contributed by atoms with van der Waals surface area (Å²) in [6.45, 7) is 6.18. The Morgan fingerprint density at radius 3 is 2.10 bits per heavy atom. The zero-order valence-corrected chi connectivity index (χ0v) is 20.0. The molecule has 0 bridgehead atoms. The molecule has 0 radical (unpaired) electrons. The SMILES string of the molecule is COC(=O)CCC[C@H](NC(=O)OC(C)(C)C)C(=O)N(Cc1cccs1)Cc1cccs1. The van der Waals surface area contributed by atoms with Crippen molar-refractivity contribution in [1.29, 1.82) is 0 Å². The molecule has 0 unspecified atom stereocenters. The van der Waals surface area contributed by atoms with Gasteiger partial charge in [0.1, 0.15) is 11.6 Å². The number of nitrogens with zero attached hydrogens (tertiary/aromatic N) is 1. The molecular formula is C22H30N2O5S2. The molecule has 0 saturated carbocycles. The number of hydrogen-bond donors (Lipinski definition) is 1. The molecule has 0 fully saturated rings. The number of ether oxygens (including phenoxy) is 2. The molecule has 0 aliphatic rings. The Labute approximate surface area is 191 Å². The maximum Gasteiger partial charge on any atom is 0.408 e. The van der Waals surface area contributed by atoms with E-state index in [1.165, 1.54) is 7.11 Å². The van der Waals surface area contributed by atoms with Crippen molar-refractivity contribution in [3.8, 4) is 0 Å². The average Bonchev–Trinajstić information content (AvgIpc) is 3.38. The first-order chi connectivity index (χ1) is 14.7. The molecule has 0 aliphatic carbocycles. The fourth-order valence-electron chi connectivity index (χ4n) is 2.87. The molecule has 2 rings (SSSR count). The van der Waals surface area contributed by atoms with Gasteiger partial charge < -0.3 is 19.7 Å². The third-order valence-electron chi connectivity index (χ3n) is 4.26. The molecule has 31 heavy (non-hydrogen) atoms. The summed E-state index contributed by atoms with van der Waals surface area (Å²) in [7, 11) is 1.33. The average molecular weight is 467 g/mol. The molecule has 0 spiro atoms. The molecule has 170 valence electrons. The van der Waals surface area contributed by atoms with E-state index in [1.54, 1.807) is 48.3 Å². The molecule has 0 aliphatic heterocycles. The number of carbonyl (C=O) groups is 3. The molecule has 1 N–H and O–H groups in total. The minimum Gasteiger partial charge on any atom is -0.469 e. The minimum absolute atomic E-state index is 0.173. The second-order valence-electron chi connectivity index (χ2n) is 8.02. The van der Waals surface area contributed by atoms with E-state index < -0.39 is 17.7 Å². The molecule has 2 amide bonds. The Morgan fingerprint density at radius 2 is 1.65 bits per heavy atom. The van der Waals surface area contributed by atoms with E-state index in [0.717, 1.165) is 9.75 Å². The molecule has 2 aromatic heterocycles. The molecule has 0 aromatic carbocycles. The van der Waals surface area contributed by atoms with Crippen molar-refractivity contribution in [2.24, 2.45) is 0 Å². The van der Waals surface area contributed by atoms with Crippen LogP contribution in [0, 0.1) is 0 Å². The van der Waals surface area contributed by atoms with Crippen LogP contribution < -0.4 is 5.32 Å². The van der Waals surface area contributed by atoms with Gasteiger partial charge in [-0.05, 0) is 56.5 Å². The summed E-state index contributed by atoms with van der Waals surface area (Å²) >= 11 is 3.15. The van der Waals surface area contributed by atoms with Crippen molar-refractivity contribution < 1.29 is 23.9 Å². The monoisotopic (exact) mass is 466 g/mol. The first-order valence-corrected chi connectivity index (χ1v) is 11.8. The zero-order chi connectivity index (χ0) is 22.9. The van der Waals surface area contributed by atoms with Gasteiger partial charge in [-0.2, -0.15) is 0 Å². The second kappa shape index (κ2) is 11.9. The van der Waals surface area contributed by atoms with Crippen LogP contribution in [0.3, 0.4) is 0 Å². The number of hydrogen-bond acceptors (Lipinski definition) is 7. The van der Waals surface area contributed by atoms with Gasteiger partial charge in [0, 0.05) is 16.2 Å². The number of methoxy groups -OCH3 is 1. The van der Waals surface area contributed by atoms with Gasteiger partial charge in [-0.3, -0.25) is 9.59 Å². The fourth-order valence-corrected chi connectivity index (χ4v) is 4.31. The van der Waals surface area contributed by atoms with E-state index in [1.807, 2.05) is 35.0 Å². The van der Waals surface area contributed by atoms with Crippen molar-refractivity contribution in [1.82, 2.24) is 10.2 Å². The quantitative estimate of drug-likeness (QED) is 0.518. The first kappa shape index (κ1) is 24.9. The van der Waals surface area contributed by atoms with Gasteiger partial charge in [0.2, 0.25) is 5.91 Å². The Morgan fingerprint density at radius 1 is 1.06 bits per heavy atom. The number of nitrogens with one attached hydrogen (secondary N) is 1. The van der Waals surface area contributed by atoms with Crippen LogP contribution in [0.4, 0.5) is 4.79 Å². The highest BCUT2D eigenvalue weighted by atomic mass is 32.1. The van der Waals surface area contributed by atoms with E-state index >= 15 is 0 Å². The Bertz CT molecular complexity index is 792. The summed E-state index contributed by atoms with van der Waals surface area (Å²) in [6, 6.07) is 7.04. The number of esters is 1. The Kier molecular flexibility index (Phi) is 9.51. The van der Waals surface area contributed by atoms with Crippen molar-refractivity contribution in [2.45, 2.75) is 64.8 Å². The predicted octanol–water partition coefficient (Wildman–Crippen LogP) is 4.58. The summed E-state index contributed by atoms with van der Waals surface area (Å²) < 4.78 is 10.0. The number of thiophene rings is 2. The van der Waals surface area contributed by atoms with E-state index in [9.17, 15) is 14.4 Å². The largest absolute Gasteiger partial charge is 0.469 e. The molecule has 0 saturated heterocycles. The van der Waals surface area contributed by atoms with Crippen LogP contribution in [0.1, 0.15) is 49.8 Å². The highest BCUT2D eigenvalue weighted by Gasteiger charge is 2.28. The lowest BCUT2D eigenvalue weighted by Crippen LogP contribution is -2.49. The van der Waals surface area contributed by atoms with Gasteiger partial charge in [-0.1, -0.05) is 12.1 Å². The number of rotatable bonds is 10. The molecule has 9 heteroatoms. The van der Waals surface area contributed by atoms with Crippen molar-refractivity contribution >= 4 is 40.6 Å². The van der Waals surface area contributed by atoms with Gasteiger partial charge in [0.15, 0.2) is 0 Å². The van der Waals surface area contributed by atoms with Gasteiger partial charge in [0.25, 0.3) is 0 Å². The lowest BCUT2D eigenvalue weighted by molar-refractivity contribution is -0.141. The second-order valence-corrected chi connectivity index (χ2v) is 10.1.